The van der Waals surface area contributed by atoms with Crippen LogP contribution in [0, 0.1) is 0 Å². The third-order valence-corrected chi connectivity index (χ3v) is 6.92. The Balaban J connectivity index is 1.32. The summed E-state index contributed by atoms with van der Waals surface area (Å²) >= 11 is 0. The predicted octanol–water partition coefficient (Wildman–Crippen LogP) is 4.82. The first-order chi connectivity index (χ1) is 14.2. The topological polar surface area (TPSA) is 24.9 Å². The van der Waals surface area contributed by atoms with Gasteiger partial charge in [0.05, 0.1) is 19.8 Å². The van der Waals surface area contributed by atoms with Crippen molar-refractivity contribution in [1.29, 1.82) is 0 Å². The molecule has 2 atom stereocenters. The highest BCUT2D eigenvalue weighted by molar-refractivity contribution is 5.78. The second kappa shape index (κ2) is 8.17. The molecular formula is C24H33FN2O2. The molecule has 2 aliphatic carbocycles. The van der Waals surface area contributed by atoms with Crippen molar-refractivity contribution in [2.45, 2.75) is 69.6 Å². The average Bonchev–Trinajstić information content (AvgIpc) is 3.49. The SMILES string of the molecule is COc1cc2c(cc1OCCCN1CC[C@H](F)C1)N(C1CC1)C1CCCCC1=C2. The lowest BCUT2D eigenvalue weighted by molar-refractivity contribution is 0.242. The van der Waals surface area contributed by atoms with Gasteiger partial charge in [-0.25, -0.2) is 4.39 Å². The smallest absolute Gasteiger partial charge is 0.163 e. The van der Waals surface area contributed by atoms with Crippen LogP contribution < -0.4 is 14.4 Å². The Hall–Kier alpha value is -1.75. The highest BCUT2D eigenvalue weighted by Crippen LogP contribution is 2.48. The number of fused-ring (bicyclic) bond motifs is 2. The average molecular weight is 401 g/mol. The fraction of sp³-hybridized carbons (Fsp3) is 0.667. The van der Waals surface area contributed by atoms with Crippen LogP contribution in [0.3, 0.4) is 0 Å². The second-order valence-electron chi connectivity index (χ2n) is 9.07. The molecule has 29 heavy (non-hydrogen) atoms. The van der Waals surface area contributed by atoms with Crippen LogP contribution >= 0.6 is 0 Å². The summed E-state index contributed by atoms with van der Waals surface area (Å²) < 4.78 is 25.2. The fourth-order valence-corrected chi connectivity index (χ4v) is 5.31. The second-order valence-corrected chi connectivity index (χ2v) is 9.07. The number of hydrogen-bond acceptors (Lipinski definition) is 4. The first-order valence-electron chi connectivity index (χ1n) is 11.4. The van der Waals surface area contributed by atoms with Crippen LogP contribution in [0.4, 0.5) is 10.1 Å². The zero-order valence-corrected chi connectivity index (χ0v) is 17.5. The zero-order valence-electron chi connectivity index (χ0n) is 17.5. The van der Waals surface area contributed by atoms with E-state index in [0.717, 1.165) is 31.0 Å². The molecule has 5 heteroatoms. The maximum atomic E-state index is 13.3. The summed E-state index contributed by atoms with van der Waals surface area (Å²) in [6.07, 6.45) is 11.1. The van der Waals surface area contributed by atoms with Crippen LogP contribution in [-0.2, 0) is 0 Å². The van der Waals surface area contributed by atoms with Crippen LogP contribution in [0.25, 0.3) is 6.08 Å². The van der Waals surface area contributed by atoms with Crippen molar-refractivity contribution >= 4 is 11.8 Å². The summed E-state index contributed by atoms with van der Waals surface area (Å²) in [5, 5.41) is 0. The van der Waals surface area contributed by atoms with E-state index < -0.39 is 6.17 Å². The van der Waals surface area contributed by atoms with E-state index in [-0.39, 0.29) is 0 Å². The molecule has 4 nitrogen and oxygen atoms in total. The minimum Gasteiger partial charge on any atom is -0.493 e. The molecule has 1 aromatic carbocycles. The van der Waals surface area contributed by atoms with E-state index in [4.69, 9.17) is 9.47 Å². The van der Waals surface area contributed by atoms with Gasteiger partial charge < -0.3 is 19.3 Å². The third-order valence-electron chi connectivity index (χ3n) is 6.92. The highest BCUT2D eigenvalue weighted by Gasteiger charge is 2.39. The Bertz CT molecular complexity index is 776. The first-order valence-corrected chi connectivity index (χ1v) is 11.4. The van der Waals surface area contributed by atoms with Gasteiger partial charge in [-0.05, 0) is 56.6 Å². The van der Waals surface area contributed by atoms with Crippen molar-refractivity contribution in [3.8, 4) is 11.5 Å². The molecule has 0 spiro atoms. The quantitative estimate of drug-likeness (QED) is 0.613. The molecule has 2 saturated carbocycles. The minimum atomic E-state index is -0.650. The van der Waals surface area contributed by atoms with Crippen molar-refractivity contribution in [2.24, 2.45) is 0 Å². The maximum Gasteiger partial charge on any atom is 0.163 e. The highest BCUT2D eigenvalue weighted by atomic mass is 19.1. The van der Waals surface area contributed by atoms with E-state index in [0.29, 0.717) is 31.7 Å². The molecule has 158 valence electrons. The van der Waals surface area contributed by atoms with E-state index in [2.05, 4.69) is 28.0 Å². The van der Waals surface area contributed by atoms with Crippen molar-refractivity contribution < 1.29 is 13.9 Å². The molecule has 0 N–H and O–H groups in total. The molecule has 4 aliphatic rings. The fourth-order valence-electron chi connectivity index (χ4n) is 5.31. The van der Waals surface area contributed by atoms with E-state index in [1.165, 1.54) is 49.8 Å². The molecule has 0 aromatic heterocycles. The van der Waals surface area contributed by atoms with Gasteiger partial charge in [-0.15, -0.1) is 0 Å². The van der Waals surface area contributed by atoms with Gasteiger partial charge >= 0.3 is 0 Å². The standard InChI is InChI=1S/C24H33FN2O2/c1-28-23-14-18-13-17-5-2-3-6-21(17)27(20-7-8-20)22(18)15-24(23)29-12-4-10-26-11-9-19(25)16-26/h13-15,19-21H,2-12,16H2,1H3/t19-,21?/m0/s1. The Morgan fingerprint density at radius 3 is 2.76 bits per heavy atom. The number of hydrogen-bond donors (Lipinski definition) is 0. The molecule has 1 aromatic rings. The van der Waals surface area contributed by atoms with Crippen LogP contribution in [0.1, 0.15) is 56.9 Å². The summed E-state index contributed by atoms with van der Waals surface area (Å²) in [5.41, 5.74) is 4.20. The molecule has 0 bridgehead atoms. The van der Waals surface area contributed by atoms with Gasteiger partial charge in [0.1, 0.15) is 6.17 Å². The van der Waals surface area contributed by atoms with Gasteiger partial charge in [-0.1, -0.05) is 12.5 Å². The summed E-state index contributed by atoms with van der Waals surface area (Å²) in [4.78, 5) is 4.88. The molecule has 2 heterocycles. The summed E-state index contributed by atoms with van der Waals surface area (Å²) in [7, 11) is 1.72. The molecular weight excluding hydrogens is 367 g/mol. The van der Waals surface area contributed by atoms with Crippen molar-refractivity contribution in [2.75, 3.05) is 38.3 Å². The number of anilines is 1. The monoisotopic (exact) mass is 400 g/mol. The number of likely N-dealkylation sites (tertiary alicyclic amines) is 1. The molecule has 3 fully saturated rings. The molecule has 1 unspecified atom stereocenters. The maximum absolute atomic E-state index is 13.3. The number of rotatable bonds is 7. The van der Waals surface area contributed by atoms with Gasteiger partial charge in [0.15, 0.2) is 11.5 Å². The van der Waals surface area contributed by atoms with E-state index >= 15 is 0 Å². The van der Waals surface area contributed by atoms with E-state index in [1.54, 1.807) is 12.7 Å². The van der Waals surface area contributed by atoms with Gasteiger partial charge in [0.25, 0.3) is 0 Å². The molecule has 0 radical (unpaired) electrons. The van der Waals surface area contributed by atoms with Crippen LogP contribution in [0.15, 0.2) is 17.7 Å². The summed E-state index contributed by atoms with van der Waals surface area (Å²) in [6, 6.07) is 5.63. The van der Waals surface area contributed by atoms with E-state index in [9.17, 15) is 4.39 Å². The van der Waals surface area contributed by atoms with Crippen LogP contribution in [0.5, 0.6) is 11.5 Å². The Kier molecular flexibility index (Phi) is 5.42. The number of ether oxygens (including phenoxy) is 2. The number of halogens is 1. The van der Waals surface area contributed by atoms with Crippen LogP contribution in [0.2, 0.25) is 0 Å². The molecule has 0 amide bonds. The first kappa shape index (κ1) is 19.2. The minimum absolute atomic E-state index is 0.578. The number of alkyl halides is 1. The third kappa shape index (κ3) is 3.98. The number of nitrogens with zero attached hydrogens (tertiary/aromatic N) is 2. The van der Waals surface area contributed by atoms with Gasteiger partial charge in [0.2, 0.25) is 0 Å². The Morgan fingerprint density at radius 1 is 1.10 bits per heavy atom. The lowest BCUT2D eigenvalue weighted by Gasteiger charge is -2.42. The van der Waals surface area contributed by atoms with Gasteiger partial charge in [-0.2, -0.15) is 0 Å². The number of methoxy groups -OCH3 is 1. The van der Waals surface area contributed by atoms with E-state index in [1.807, 2.05) is 0 Å². The Labute approximate surface area is 173 Å². The van der Waals surface area contributed by atoms with Gasteiger partial charge in [-0.3, -0.25) is 0 Å². The largest absolute Gasteiger partial charge is 0.493 e. The normalized spacial score (nSPS) is 26.7. The van der Waals surface area contributed by atoms with Crippen molar-refractivity contribution in [1.82, 2.24) is 4.90 Å². The van der Waals surface area contributed by atoms with Gasteiger partial charge in [0, 0.05) is 43.0 Å². The Morgan fingerprint density at radius 2 is 2.00 bits per heavy atom. The summed E-state index contributed by atoms with van der Waals surface area (Å²) in [5.74, 6) is 1.66. The van der Waals surface area contributed by atoms with Crippen molar-refractivity contribution in [3.05, 3.63) is 23.3 Å². The summed E-state index contributed by atoms with van der Waals surface area (Å²) in [6.45, 7) is 2.98. The predicted molar refractivity (Wildman–Crippen MR) is 115 cm³/mol. The molecule has 1 saturated heterocycles. The van der Waals surface area contributed by atoms with Crippen molar-refractivity contribution in [3.63, 3.8) is 0 Å². The zero-order chi connectivity index (χ0) is 19.8. The number of benzene rings is 1. The lowest BCUT2D eigenvalue weighted by atomic mass is 9.84. The molecule has 5 rings (SSSR count). The molecule has 2 aliphatic heterocycles. The van der Waals surface area contributed by atoms with Crippen LogP contribution in [-0.4, -0.2) is 56.5 Å². The lowest BCUT2D eigenvalue weighted by Crippen LogP contribution is -2.42.